The highest BCUT2D eigenvalue weighted by Gasteiger charge is 1.99. The largest absolute Gasteiger partial charge is 0.328 e. The molecule has 0 bridgehead atoms. The molecule has 0 aliphatic carbocycles. The molecule has 1 aromatic heterocycles. The van der Waals surface area contributed by atoms with Gasteiger partial charge in [0, 0.05) is 17.6 Å². The third kappa shape index (κ3) is 2.54. The predicted octanol–water partition coefficient (Wildman–Crippen LogP) is 2.51. The molecule has 2 nitrogen and oxygen atoms in total. The van der Waals surface area contributed by atoms with Crippen LogP contribution in [-0.2, 0) is 6.42 Å². The van der Waals surface area contributed by atoms with E-state index in [-0.39, 0.29) is 6.04 Å². The Morgan fingerprint density at radius 2 is 2.13 bits per heavy atom. The van der Waals surface area contributed by atoms with E-state index >= 15 is 0 Å². The summed E-state index contributed by atoms with van der Waals surface area (Å²) in [6, 6.07) is 10.6. The molecule has 1 heterocycles. The molecule has 0 saturated carbocycles. The second kappa shape index (κ2) is 4.41. The lowest BCUT2D eigenvalue weighted by atomic mass is 10.1. The van der Waals surface area contributed by atoms with Crippen LogP contribution in [0.2, 0.25) is 0 Å². The van der Waals surface area contributed by atoms with Gasteiger partial charge in [-0.2, -0.15) is 0 Å². The fourth-order valence-corrected chi connectivity index (χ4v) is 1.65. The Bertz CT molecular complexity index is 449. The number of benzene rings is 1. The van der Waals surface area contributed by atoms with Gasteiger partial charge >= 0.3 is 0 Å². The highest BCUT2D eigenvalue weighted by molar-refractivity contribution is 5.78. The van der Waals surface area contributed by atoms with Crippen LogP contribution < -0.4 is 5.73 Å². The maximum absolute atomic E-state index is 5.73. The van der Waals surface area contributed by atoms with Gasteiger partial charge in [0.2, 0.25) is 0 Å². The highest BCUT2D eigenvalue weighted by atomic mass is 14.6. The van der Waals surface area contributed by atoms with Crippen molar-refractivity contribution in [2.45, 2.75) is 25.8 Å². The monoisotopic (exact) mass is 200 g/mol. The van der Waals surface area contributed by atoms with Crippen molar-refractivity contribution in [2.75, 3.05) is 0 Å². The third-order valence-electron chi connectivity index (χ3n) is 2.54. The molecule has 1 atom stereocenters. The van der Waals surface area contributed by atoms with Crippen molar-refractivity contribution in [3.8, 4) is 0 Å². The van der Waals surface area contributed by atoms with Crippen molar-refractivity contribution >= 4 is 10.9 Å². The third-order valence-corrected chi connectivity index (χ3v) is 2.54. The molecule has 0 amide bonds. The SMILES string of the molecule is C[C@H](N)CCc1cnc2ccccc2c1. The lowest BCUT2D eigenvalue weighted by Gasteiger charge is -2.05. The highest BCUT2D eigenvalue weighted by Crippen LogP contribution is 2.13. The van der Waals surface area contributed by atoms with Gasteiger partial charge in [0.15, 0.2) is 0 Å². The number of nitrogens with zero attached hydrogens (tertiary/aromatic N) is 1. The zero-order chi connectivity index (χ0) is 10.7. The van der Waals surface area contributed by atoms with Crippen LogP contribution in [0.15, 0.2) is 36.5 Å². The van der Waals surface area contributed by atoms with Crippen LogP contribution in [0.3, 0.4) is 0 Å². The Labute approximate surface area is 90.1 Å². The molecule has 0 unspecified atom stereocenters. The van der Waals surface area contributed by atoms with Gasteiger partial charge in [0.25, 0.3) is 0 Å². The minimum absolute atomic E-state index is 0.261. The van der Waals surface area contributed by atoms with Crippen LogP contribution in [0.5, 0.6) is 0 Å². The van der Waals surface area contributed by atoms with Crippen LogP contribution in [0, 0.1) is 0 Å². The number of hydrogen-bond donors (Lipinski definition) is 1. The first-order chi connectivity index (χ1) is 7.25. The van der Waals surface area contributed by atoms with Gasteiger partial charge in [0.1, 0.15) is 0 Å². The standard InChI is InChI=1S/C13H16N2/c1-10(14)6-7-11-8-12-4-2-3-5-13(12)15-9-11/h2-5,8-10H,6-7,14H2,1H3/t10-/m0/s1. The first-order valence-corrected chi connectivity index (χ1v) is 5.35. The molecule has 1 aromatic carbocycles. The van der Waals surface area contributed by atoms with Crippen molar-refractivity contribution in [1.82, 2.24) is 4.98 Å². The maximum atomic E-state index is 5.73. The predicted molar refractivity (Wildman–Crippen MR) is 63.7 cm³/mol. The van der Waals surface area contributed by atoms with Crippen molar-refractivity contribution in [3.63, 3.8) is 0 Å². The van der Waals surface area contributed by atoms with E-state index in [2.05, 4.69) is 17.1 Å². The van der Waals surface area contributed by atoms with Crippen molar-refractivity contribution in [3.05, 3.63) is 42.1 Å². The van der Waals surface area contributed by atoms with Crippen molar-refractivity contribution < 1.29 is 0 Å². The molecule has 0 spiro atoms. The van der Waals surface area contributed by atoms with E-state index in [9.17, 15) is 0 Å². The van der Waals surface area contributed by atoms with E-state index in [1.807, 2.05) is 31.3 Å². The Kier molecular flexibility index (Phi) is 2.97. The number of rotatable bonds is 3. The Balaban J connectivity index is 2.23. The summed E-state index contributed by atoms with van der Waals surface area (Å²) in [6.07, 6.45) is 3.97. The topological polar surface area (TPSA) is 38.9 Å². The van der Waals surface area contributed by atoms with Crippen LogP contribution in [0.1, 0.15) is 18.9 Å². The summed E-state index contributed by atoms with van der Waals surface area (Å²) in [5, 5.41) is 1.21. The van der Waals surface area contributed by atoms with E-state index in [1.54, 1.807) is 0 Å². The molecule has 0 saturated heterocycles. The zero-order valence-corrected chi connectivity index (χ0v) is 8.98. The lowest BCUT2D eigenvalue weighted by Crippen LogP contribution is -2.15. The molecular formula is C13H16N2. The summed E-state index contributed by atoms with van der Waals surface area (Å²) >= 11 is 0. The lowest BCUT2D eigenvalue weighted by molar-refractivity contribution is 0.665. The molecule has 0 fully saturated rings. The normalized spacial score (nSPS) is 12.9. The Morgan fingerprint density at radius 3 is 2.93 bits per heavy atom. The number of aromatic nitrogens is 1. The van der Waals surface area contributed by atoms with Gasteiger partial charge in [-0.1, -0.05) is 18.2 Å². The van der Waals surface area contributed by atoms with Gasteiger partial charge in [-0.25, -0.2) is 0 Å². The van der Waals surface area contributed by atoms with Crippen LogP contribution in [-0.4, -0.2) is 11.0 Å². The summed E-state index contributed by atoms with van der Waals surface area (Å²) in [7, 11) is 0. The summed E-state index contributed by atoms with van der Waals surface area (Å²) in [4.78, 5) is 4.42. The molecule has 2 N–H and O–H groups in total. The molecule has 0 aliphatic rings. The summed E-state index contributed by atoms with van der Waals surface area (Å²) in [5.41, 5.74) is 8.06. The minimum Gasteiger partial charge on any atom is -0.328 e. The van der Waals surface area contributed by atoms with Crippen LogP contribution >= 0.6 is 0 Å². The Morgan fingerprint density at radius 1 is 1.33 bits per heavy atom. The van der Waals surface area contributed by atoms with Crippen molar-refractivity contribution in [1.29, 1.82) is 0 Å². The quantitative estimate of drug-likeness (QED) is 0.826. The molecule has 78 valence electrons. The van der Waals surface area contributed by atoms with Crippen molar-refractivity contribution in [2.24, 2.45) is 5.73 Å². The van der Waals surface area contributed by atoms with Gasteiger partial charge < -0.3 is 5.73 Å². The summed E-state index contributed by atoms with van der Waals surface area (Å²) in [6.45, 7) is 2.04. The number of pyridine rings is 1. The summed E-state index contributed by atoms with van der Waals surface area (Å²) in [5.74, 6) is 0. The number of nitrogens with two attached hydrogens (primary N) is 1. The second-order valence-electron chi connectivity index (χ2n) is 4.05. The van der Waals surface area contributed by atoms with E-state index in [4.69, 9.17) is 5.73 Å². The second-order valence-corrected chi connectivity index (χ2v) is 4.05. The first kappa shape index (κ1) is 10.1. The van der Waals surface area contributed by atoms with Crippen LogP contribution in [0.25, 0.3) is 10.9 Å². The first-order valence-electron chi connectivity index (χ1n) is 5.35. The molecule has 2 rings (SSSR count). The zero-order valence-electron chi connectivity index (χ0n) is 8.98. The van der Waals surface area contributed by atoms with E-state index < -0.39 is 0 Å². The van der Waals surface area contributed by atoms with E-state index in [0.29, 0.717) is 0 Å². The average Bonchev–Trinajstić information content (AvgIpc) is 2.26. The van der Waals surface area contributed by atoms with E-state index in [0.717, 1.165) is 18.4 Å². The maximum Gasteiger partial charge on any atom is 0.0702 e. The van der Waals surface area contributed by atoms with Gasteiger partial charge in [-0.3, -0.25) is 4.98 Å². The smallest absolute Gasteiger partial charge is 0.0702 e. The molecular weight excluding hydrogens is 184 g/mol. The minimum atomic E-state index is 0.261. The molecule has 0 radical (unpaired) electrons. The summed E-state index contributed by atoms with van der Waals surface area (Å²) < 4.78 is 0. The number of fused-ring (bicyclic) bond motifs is 1. The molecule has 15 heavy (non-hydrogen) atoms. The number of para-hydroxylation sites is 1. The van der Waals surface area contributed by atoms with Gasteiger partial charge in [-0.15, -0.1) is 0 Å². The molecule has 2 aromatic rings. The molecule has 2 heteroatoms. The Hall–Kier alpha value is -1.41. The molecule has 0 aliphatic heterocycles. The number of aryl methyl sites for hydroxylation is 1. The van der Waals surface area contributed by atoms with Crippen LogP contribution in [0.4, 0.5) is 0 Å². The van der Waals surface area contributed by atoms with Gasteiger partial charge in [0.05, 0.1) is 5.52 Å². The fraction of sp³-hybridized carbons (Fsp3) is 0.308. The fourth-order valence-electron chi connectivity index (χ4n) is 1.65. The number of hydrogen-bond acceptors (Lipinski definition) is 2. The average molecular weight is 200 g/mol. The van der Waals surface area contributed by atoms with Gasteiger partial charge in [-0.05, 0) is 37.5 Å². The van der Waals surface area contributed by atoms with E-state index in [1.165, 1.54) is 10.9 Å².